The van der Waals surface area contributed by atoms with Gasteiger partial charge in [-0.15, -0.1) is 10.2 Å². The molecule has 0 aliphatic heterocycles. The highest BCUT2D eigenvalue weighted by molar-refractivity contribution is 8.03. The third kappa shape index (κ3) is 4.37. The fourth-order valence-electron chi connectivity index (χ4n) is 1.84. The van der Waals surface area contributed by atoms with Crippen molar-refractivity contribution in [3.8, 4) is 11.5 Å². The van der Waals surface area contributed by atoms with E-state index in [0.29, 0.717) is 11.6 Å². The van der Waals surface area contributed by atoms with E-state index in [9.17, 15) is 4.79 Å². The molecule has 2 heterocycles. The van der Waals surface area contributed by atoms with E-state index in [1.807, 2.05) is 37.3 Å². The lowest BCUT2D eigenvalue weighted by atomic mass is 10.2. The molecule has 24 heavy (non-hydrogen) atoms. The SMILES string of the molecule is Cc1oc(-c2ccccc2)nc1CSc1nnc(SCC(N)=O)s1. The van der Waals surface area contributed by atoms with Crippen LogP contribution < -0.4 is 5.73 Å². The van der Waals surface area contributed by atoms with Gasteiger partial charge in [-0.05, 0) is 19.1 Å². The predicted octanol–water partition coefficient (Wildman–Crippen LogP) is 3.37. The summed E-state index contributed by atoms with van der Waals surface area (Å²) in [5.74, 6) is 1.92. The molecule has 0 aliphatic carbocycles. The highest BCUT2D eigenvalue weighted by Gasteiger charge is 2.13. The molecule has 2 aromatic heterocycles. The first-order valence-electron chi connectivity index (χ1n) is 7.01. The van der Waals surface area contributed by atoms with Crippen LogP contribution in [0.4, 0.5) is 0 Å². The number of oxazole rings is 1. The van der Waals surface area contributed by atoms with Gasteiger partial charge in [-0.2, -0.15) is 0 Å². The Morgan fingerprint density at radius 1 is 1.21 bits per heavy atom. The van der Waals surface area contributed by atoms with Gasteiger partial charge in [0.05, 0.1) is 11.4 Å². The molecule has 0 saturated heterocycles. The molecule has 0 atom stereocenters. The summed E-state index contributed by atoms with van der Waals surface area (Å²) >= 11 is 4.28. The minimum absolute atomic E-state index is 0.210. The molecule has 0 spiro atoms. The highest BCUT2D eigenvalue weighted by atomic mass is 32.2. The van der Waals surface area contributed by atoms with Crippen molar-refractivity contribution in [2.75, 3.05) is 5.75 Å². The summed E-state index contributed by atoms with van der Waals surface area (Å²) < 4.78 is 7.31. The van der Waals surface area contributed by atoms with Crippen LogP contribution in [0.5, 0.6) is 0 Å². The number of amides is 1. The van der Waals surface area contributed by atoms with Crippen LogP contribution in [0.3, 0.4) is 0 Å². The summed E-state index contributed by atoms with van der Waals surface area (Å²) in [5, 5.41) is 8.14. The fourth-order valence-corrected chi connectivity index (χ4v) is 4.60. The van der Waals surface area contributed by atoms with E-state index in [4.69, 9.17) is 10.2 Å². The van der Waals surface area contributed by atoms with E-state index in [-0.39, 0.29) is 11.7 Å². The van der Waals surface area contributed by atoms with Gasteiger partial charge in [-0.1, -0.05) is 53.1 Å². The lowest BCUT2D eigenvalue weighted by molar-refractivity contribution is -0.115. The van der Waals surface area contributed by atoms with E-state index >= 15 is 0 Å². The quantitative estimate of drug-likeness (QED) is 0.630. The summed E-state index contributed by atoms with van der Waals surface area (Å²) in [7, 11) is 0. The Morgan fingerprint density at radius 3 is 2.62 bits per heavy atom. The number of carbonyl (C=O) groups is 1. The minimum Gasteiger partial charge on any atom is -0.441 e. The first kappa shape index (κ1) is 17.0. The second-order valence-electron chi connectivity index (χ2n) is 4.77. The number of hydrogen-bond donors (Lipinski definition) is 1. The Labute approximate surface area is 151 Å². The lowest BCUT2D eigenvalue weighted by Gasteiger charge is -1.93. The van der Waals surface area contributed by atoms with Crippen LogP contribution in [-0.4, -0.2) is 26.8 Å². The number of rotatable bonds is 7. The maximum atomic E-state index is 10.8. The van der Waals surface area contributed by atoms with Gasteiger partial charge in [0.25, 0.3) is 0 Å². The zero-order chi connectivity index (χ0) is 16.9. The van der Waals surface area contributed by atoms with Crippen LogP contribution in [0.2, 0.25) is 0 Å². The van der Waals surface area contributed by atoms with Crippen molar-refractivity contribution in [2.45, 2.75) is 21.4 Å². The van der Waals surface area contributed by atoms with E-state index in [0.717, 1.165) is 25.7 Å². The smallest absolute Gasteiger partial charge is 0.227 e. The van der Waals surface area contributed by atoms with E-state index in [2.05, 4.69) is 15.2 Å². The molecule has 3 aromatic rings. The van der Waals surface area contributed by atoms with Crippen molar-refractivity contribution in [3.05, 3.63) is 41.8 Å². The first-order chi connectivity index (χ1) is 11.6. The molecule has 1 aromatic carbocycles. The average molecular weight is 379 g/mol. The van der Waals surface area contributed by atoms with Crippen LogP contribution in [0.1, 0.15) is 11.5 Å². The van der Waals surface area contributed by atoms with Gasteiger partial charge in [0.15, 0.2) is 8.68 Å². The fraction of sp³-hybridized carbons (Fsp3) is 0.200. The van der Waals surface area contributed by atoms with Crippen molar-refractivity contribution >= 4 is 40.8 Å². The van der Waals surface area contributed by atoms with Crippen LogP contribution in [0.15, 0.2) is 43.4 Å². The zero-order valence-corrected chi connectivity index (χ0v) is 15.2. The Bertz CT molecular complexity index is 832. The van der Waals surface area contributed by atoms with Crippen molar-refractivity contribution in [2.24, 2.45) is 5.73 Å². The monoisotopic (exact) mass is 378 g/mol. The third-order valence-electron chi connectivity index (χ3n) is 2.97. The van der Waals surface area contributed by atoms with Crippen LogP contribution in [0.25, 0.3) is 11.5 Å². The summed E-state index contributed by atoms with van der Waals surface area (Å²) in [6, 6.07) is 9.80. The maximum absolute atomic E-state index is 10.8. The number of carbonyl (C=O) groups excluding carboxylic acids is 1. The van der Waals surface area contributed by atoms with E-state index < -0.39 is 0 Å². The maximum Gasteiger partial charge on any atom is 0.227 e. The molecule has 6 nitrogen and oxygen atoms in total. The number of hydrogen-bond acceptors (Lipinski definition) is 8. The number of aromatic nitrogens is 3. The van der Waals surface area contributed by atoms with Gasteiger partial charge in [-0.25, -0.2) is 4.98 Å². The van der Waals surface area contributed by atoms with Gasteiger partial charge in [-0.3, -0.25) is 4.79 Å². The Hall–Kier alpha value is -1.84. The molecule has 0 fully saturated rings. The molecule has 124 valence electrons. The number of aryl methyl sites for hydroxylation is 1. The highest BCUT2D eigenvalue weighted by Crippen LogP contribution is 2.32. The second-order valence-corrected chi connectivity index (χ2v) is 8.19. The van der Waals surface area contributed by atoms with Crippen LogP contribution in [0, 0.1) is 6.92 Å². The van der Waals surface area contributed by atoms with E-state index in [1.165, 1.54) is 23.1 Å². The molecular weight excluding hydrogens is 364 g/mol. The Balaban J connectivity index is 1.63. The summed E-state index contributed by atoms with van der Waals surface area (Å²) in [5.41, 5.74) is 6.97. The zero-order valence-electron chi connectivity index (χ0n) is 12.8. The lowest BCUT2D eigenvalue weighted by Crippen LogP contribution is -2.12. The third-order valence-corrected chi connectivity index (χ3v) is 6.20. The van der Waals surface area contributed by atoms with Crippen LogP contribution in [-0.2, 0) is 10.5 Å². The number of primary amides is 1. The standard InChI is InChI=1S/C15H14N4O2S3/c1-9-11(17-13(21-9)10-5-3-2-4-6-10)7-22-14-18-19-15(24-14)23-8-12(16)20/h2-6H,7-8H2,1H3,(H2,16,20). The molecule has 0 saturated carbocycles. The molecule has 9 heteroatoms. The first-order valence-corrected chi connectivity index (χ1v) is 9.79. The molecule has 2 N–H and O–H groups in total. The minimum atomic E-state index is -0.365. The topological polar surface area (TPSA) is 94.9 Å². The second kappa shape index (κ2) is 7.82. The number of benzene rings is 1. The number of thioether (sulfide) groups is 2. The normalized spacial score (nSPS) is 10.9. The average Bonchev–Trinajstić information content (AvgIpc) is 3.18. The summed E-state index contributed by atoms with van der Waals surface area (Å²) in [6.07, 6.45) is 0. The largest absolute Gasteiger partial charge is 0.441 e. The Kier molecular flexibility index (Phi) is 5.54. The number of nitrogens with zero attached hydrogens (tertiary/aromatic N) is 3. The Morgan fingerprint density at radius 2 is 1.92 bits per heavy atom. The summed E-state index contributed by atoms with van der Waals surface area (Å²) in [6.45, 7) is 1.91. The van der Waals surface area contributed by atoms with Gasteiger partial charge in [0.2, 0.25) is 11.8 Å². The van der Waals surface area contributed by atoms with Gasteiger partial charge in [0, 0.05) is 11.3 Å². The molecule has 0 radical (unpaired) electrons. The van der Waals surface area contributed by atoms with Crippen LogP contribution >= 0.6 is 34.9 Å². The van der Waals surface area contributed by atoms with Gasteiger partial charge >= 0.3 is 0 Å². The molecule has 0 bridgehead atoms. The van der Waals surface area contributed by atoms with Crippen molar-refractivity contribution in [3.63, 3.8) is 0 Å². The predicted molar refractivity (Wildman–Crippen MR) is 96.1 cm³/mol. The summed E-state index contributed by atoms with van der Waals surface area (Å²) in [4.78, 5) is 15.3. The van der Waals surface area contributed by atoms with Crippen molar-refractivity contribution < 1.29 is 9.21 Å². The molecule has 3 rings (SSSR count). The van der Waals surface area contributed by atoms with Crippen molar-refractivity contribution in [1.29, 1.82) is 0 Å². The van der Waals surface area contributed by atoms with Gasteiger partial charge in [0.1, 0.15) is 5.76 Å². The van der Waals surface area contributed by atoms with Crippen molar-refractivity contribution in [1.82, 2.24) is 15.2 Å². The number of nitrogens with two attached hydrogens (primary N) is 1. The molecule has 0 unspecified atom stereocenters. The molecular formula is C15H14N4O2S3. The molecule has 0 aliphatic rings. The molecule has 1 amide bonds. The van der Waals surface area contributed by atoms with Gasteiger partial charge < -0.3 is 10.2 Å². The van der Waals surface area contributed by atoms with E-state index in [1.54, 1.807) is 11.8 Å².